The largest absolute Gasteiger partial charge is 0.386 e. The van der Waals surface area contributed by atoms with Crippen molar-refractivity contribution >= 4 is 37.7 Å². The molecule has 0 spiro atoms. The Balaban J connectivity index is 2.33. The molecule has 3 rings (SSSR count). The Bertz CT molecular complexity index is 737. The SMILES string of the molecule is CC(C)(O)c1ccc2c(c1)[nH]c1cc(Br)ccc12. The summed E-state index contributed by atoms with van der Waals surface area (Å²) in [5.41, 5.74) is 2.27. The monoisotopic (exact) mass is 303 g/mol. The van der Waals surface area contributed by atoms with Gasteiger partial charge >= 0.3 is 0 Å². The van der Waals surface area contributed by atoms with E-state index in [1.165, 1.54) is 10.8 Å². The van der Waals surface area contributed by atoms with E-state index in [1.807, 2.05) is 18.2 Å². The third-order valence-electron chi connectivity index (χ3n) is 3.27. The van der Waals surface area contributed by atoms with Gasteiger partial charge in [0.1, 0.15) is 0 Å². The number of aromatic amines is 1. The normalized spacial score (nSPS) is 12.4. The molecule has 3 heteroatoms. The lowest BCUT2D eigenvalue weighted by Gasteiger charge is -2.17. The summed E-state index contributed by atoms with van der Waals surface area (Å²) in [5.74, 6) is 0. The van der Waals surface area contributed by atoms with E-state index in [-0.39, 0.29) is 0 Å². The molecule has 0 aliphatic carbocycles. The van der Waals surface area contributed by atoms with Crippen molar-refractivity contribution in [2.45, 2.75) is 19.4 Å². The molecule has 0 saturated carbocycles. The smallest absolute Gasteiger partial charge is 0.0841 e. The molecule has 0 aliphatic rings. The van der Waals surface area contributed by atoms with Crippen LogP contribution in [0, 0.1) is 0 Å². The number of rotatable bonds is 1. The number of hydrogen-bond acceptors (Lipinski definition) is 1. The molecular formula is C15H14BrNO. The van der Waals surface area contributed by atoms with Crippen molar-refractivity contribution in [3.63, 3.8) is 0 Å². The summed E-state index contributed by atoms with van der Waals surface area (Å²) in [5, 5.41) is 12.4. The van der Waals surface area contributed by atoms with Gasteiger partial charge in [-0.3, -0.25) is 0 Å². The second-order valence-corrected chi connectivity index (χ2v) is 6.05. The van der Waals surface area contributed by atoms with Gasteiger partial charge < -0.3 is 10.1 Å². The third kappa shape index (κ3) is 1.84. The fraction of sp³-hybridized carbons (Fsp3) is 0.200. The first kappa shape index (κ1) is 11.8. The van der Waals surface area contributed by atoms with Gasteiger partial charge in [-0.25, -0.2) is 0 Å². The van der Waals surface area contributed by atoms with Gasteiger partial charge in [-0.2, -0.15) is 0 Å². The van der Waals surface area contributed by atoms with Crippen LogP contribution < -0.4 is 0 Å². The molecule has 0 amide bonds. The second kappa shape index (κ2) is 3.84. The first-order valence-electron chi connectivity index (χ1n) is 5.89. The topological polar surface area (TPSA) is 36.0 Å². The van der Waals surface area contributed by atoms with E-state index in [0.717, 1.165) is 21.1 Å². The van der Waals surface area contributed by atoms with Crippen molar-refractivity contribution in [3.8, 4) is 0 Å². The fourth-order valence-corrected chi connectivity index (χ4v) is 2.62. The van der Waals surface area contributed by atoms with Crippen LogP contribution in [0.5, 0.6) is 0 Å². The first-order valence-corrected chi connectivity index (χ1v) is 6.68. The summed E-state index contributed by atoms with van der Waals surface area (Å²) in [6.07, 6.45) is 0. The lowest BCUT2D eigenvalue weighted by Crippen LogP contribution is -2.14. The second-order valence-electron chi connectivity index (χ2n) is 5.13. The molecule has 2 aromatic carbocycles. The molecule has 18 heavy (non-hydrogen) atoms. The van der Waals surface area contributed by atoms with Gasteiger partial charge in [-0.05, 0) is 37.6 Å². The van der Waals surface area contributed by atoms with Gasteiger partial charge in [-0.15, -0.1) is 0 Å². The van der Waals surface area contributed by atoms with Gasteiger partial charge in [0.2, 0.25) is 0 Å². The average molecular weight is 304 g/mol. The van der Waals surface area contributed by atoms with Gasteiger partial charge in [0, 0.05) is 26.3 Å². The summed E-state index contributed by atoms with van der Waals surface area (Å²) in [4.78, 5) is 3.39. The highest BCUT2D eigenvalue weighted by atomic mass is 79.9. The average Bonchev–Trinajstić information content (AvgIpc) is 2.63. The molecule has 0 aliphatic heterocycles. The molecule has 92 valence electrons. The van der Waals surface area contributed by atoms with E-state index in [2.05, 4.69) is 39.1 Å². The molecule has 0 unspecified atom stereocenters. The lowest BCUT2D eigenvalue weighted by molar-refractivity contribution is 0.0787. The minimum absolute atomic E-state index is 0.813. The molecule has 0 saturated heterocycles. The van der Waals surface area contributed by atoms with Gasteiger partial charge in [-0.1, -0.05) is 34.1 Å². The summed E-state index contributed by atoms with van der Waals surface area (Å²) in [6.45, 7) is 3.60. The zero-order valence-corrected chi connectivity index (χ0v) is 11.9. The Morgan fingerprint density at radius 2 is 1.61 bits per heavy atom. The first-order chi connectivity index (χ1) is 8.45. The predicted molar refractivity (Wildman–Crippen MR) is 78.7 cm³/mol. The number of nitrogens with one attached hydrogen (secondary N) is 1. The van der Waals surface area contributed by atoms with Crippen molar-refractivity contribution in [2.24, 2.45) is 0 Å². The number of aliphatic hydroxyl groups is 1. The van der Waals surface area contributed by atoms with Crippen molar-refractivity contribution in [1.29, 1.82) is 0 Å². The minimum atomic E-state index is -0.813. The van der Waals surface area contributed by atoms with Crippen LogP contribution in [0.25, 0.3) is 21.8 Å². The number of hydrogen-bond donors (Lipinski definition) is 2. The standard InChI is InChI=1S/C15H14BrNO/c1-15(2,18)9-3-5-11-12-6-4-10(16)8-14(12)17-13(11)7-9/h3-8,17-18H,1-2H3. The van der Waals surface area contributed by atoms with Crippen LogP contribution in [0.15, 0.2) is 40.9 Å². The molecular weight excluding hydrogens is 290 g/mol. The molecule has 0 radical (unpaired) electrons. The highest BCUT2D eigenvalue weighted by Crippen LogP contribution is 2.30. The minimum Gasteiger partial charge on any atom is -0.386 e. The van der Waals surface area contributed by atoms with Crippen LogP contribution >= 0.6 is 15.9 Å². The van der Waals surface area contributed by atoms with Crippen molar-refractivity contribution < 1.29 is 5.11 Å². The molecule has 1 heterocycles. The molecule has 0 atom stereocenters. The summed E-state index contributed by atoms with van der Waals surface area (Å²) < 4.78 is 1.06. The predicted octanol–water partition coefficient (Wildman–Crippen LogP) is 4.31. The Labute approximate surface area is 114 Å². The van der Waals surface area contributed by atoms with Gasteiger partial charge in [0.15, 0.2) is 0 Å². The number of aromatic nitrogens is 1. The van der Waals surface area contributed by atoms with Gasteiger partial charge in [0.25, 0.3) is 0 Å². The number of H-pyrrole nitrogens is 1. The fourth-order valence-electron chi connectivity index (χ4n) is 2.26. The molecule has 1 aromatic heterocycles. The highest BCUT2D eigenvalue weighted by molar-refractivity contribution is 9.10. The highest BCUT2D eigenvalue weighted by Gasteiger charge is 2.16. The Hall–Kier alpha value is -1.32. The van der Waals surface area contributed by atoms with Crippen molar-refractivity contribution in [2.75, 3.05) is 0 Å². The number of fused-ring (bicyclic) bond motifs is 3. The molecule has 2 N–H and O–H groups in total. The van der Waals surface area contributed by atoms with Crippen LogP contribution in [-0.2, 0) is 5.60 Å². The van der Waals surface area contributed by atoms with E-state index in [0.29, 0.717) is 0 Å². The Morgan fingerprint density at radius 3 is 2.28 bits per heavy atom. The summed E-state index contributed by atoms with van der Waals surface area (Å²) >= 11 is 3.48. The maximum atomic E-state index is 10.0. The number of benzene rings is 2. The van der Waals surface area contributed by atoms with Crippen LogP contribution in [0.4, 0.5) is 0 Å². The maximum absolute atomic E-state index is 10.0. The molecule has 0 fully saturated rings. The third-order valence-corrected chi connectivity index (χ3v) is 3.76. The van der Waals surface area contributed by atoms with Crippen LogP contribution in [0.1, 0.15) is 19.4 Å². The quantitative estimate of drug-likeness (QED) is 0.690. The van der Waals surface area contributed by atoms with E-state index < -0.39 is 5.60 Å². The molecule has 3 aromatic rings. The van der Waals surface area contributed by atoms with Gasteiger partial charge in [0.05, 0.1) is 5.60 Å². The summed E-state index contributed by atoms with van der Waals surface area (Å²) in [6, 6.07) is 12.3. The maximum Gasteiger partial charge on any atom is 0.0841 e. The summed E-state index contributed by atoms with van der Waals surface area (Å²) in [7, 11) is 0. The lowest BCUT2D eigenvalue weighted by atomic mass is 9.97. The zero-order chi connectivity index (χ0) is 12.9. The Kier molecular flexibility index (Phi) is 2.50. The molecule has 0 bridgehead atoms. The van der Waals surface area contributed by atoms with Crippen LogP contribution in [0.2, 0.25) is 0 Å². The van der Waals surface area contributed by atoms with Crippen LogP contribution in [-0.4, -0.2) is 10.1 Å². The van der Waals surface area contributed by atoms with E-state index in [1.54, 1.807) is 13.8 Å². The van der Waals surface area contributed by atoms with Crippen molar-refractivity contribution in [3.05, 3.63) is 46.4 Å². The van der Waals surface area contributed by atoms with E-state index >= 15 is 0 Å². The van der Waals surface area contributed by atoms with Crippen LogP contribution in [0.3, 0.4) is 0 Å². The Morgan fingerprint density at radius 1 is 1.00 bits per heavy atom. The van der Waals surface area contributed by atoms with Crippen molar-refractivity contribution in [1.82, 2.24) is 4.98 Å². The van der Waals surface area contributed by atoms with E-state index in [4.69, 9.17) is 0 Å². The van der Waals surface area contributed by atoms with E-state index in [9.17, 15) is 5.11 Å². The number of halogens is 1. The molecule has 2 nitrogen and oxygen atoms in total. The zero-order valence-electron chi connectivity index (χ0n) is 10.3.